The van der Waals surface area contributed by atoms with Crippen molar-refractivity contribution in [3.05, 3.63) is 0 Å². The fourth-order valence-corrected chi connectivity index (χ4v) is 2.60. The number of aliphatic hydroxyl groups excluding tert-OH is 1. The molecular weight excluding hydrogens is 274 g/mol. The Labute approximate surface area is 126 Å². The molecule has 1 aliphatic heterocycles. The average molecular weight is 301 g/mol. The first-order valence-corrected chi connectivity index (χ1v) is 7.50. The van der Waals surface area contributed by atoms with Crippen molar-refractivity contribution in [3.8, 4) is 0 Å². The van der Waals surface area contributed by atoms with Crippen LogP contribution in [0.15, 0.2) is 0 Å². The molecule has 2 amide bonds. The van der Waals surface area contributed by atoms with Gasteiger partial charge in [-0.2, -0.15) is 0 Å². The maximum absolute atomic E-state index is 11.5. The van der Waals surface area contributed by atoms with Crippen LogP contribution >= 0.6 is 0 Å². The van der Waals surface area contributed by atoms with Crippen molar-refractivity contribution in [3.63, 3.8) is 0 Å². The number of ether oxygens (including phenoxy) is 1. The molecule has 1 aliphatic rings. The van der Waals surface area contributed by atoms with Crippen LogP contribution in [-0.2, 0) is 9.53 Å². The van der Waals surface area contributed by atoms with Gasteiger partial charge in [-0.25, -0.2) is 4.79 Å². The summed E-state index contributed by atoms with van der Waals surface area (Å²) in [6.45, 7) is 8.07. The van der Waals surface area contributed by atoms with E-state index in [4.69, 9.17) is 4.74 Å². The Kier molecular flexibility index (Phi) is 7.45. The Hall–Kier alpha value is -1.34. The van der Waals surface area contributed by atoms with Crippen LogP contribution in [0.5, 0.6) is 0 Å². The topological polar surface area (TPSA) is 90.9 Å². The van der Waals surface area contributed by atoms with Crippen LogP contribution in [0.4, 0.5) is 4.79 Å². The molecule has 1 saturated heterocycles. The lowest BCUT2D eigenvalue weighted by Crippen LogP contribution is -2.54. The zero-order chi connectivity index (χ0) is 15.8. The van der Waals surface area contributed by atoms with E-state index in [1.807, 2.05) is 0 Å². The maximum Gasteiger partial charge on any atom is 0.407 e. The summed E-state index contributed by atoms with van der Waals surface area (Å²) >= 11 is 0. The van der Waals surface area contributed by atoms with E-state index in [0.29, 0.717) is 26.2 Å². The number of piperidine rings is 1. The predicted molar refractivity (Wildman–Crippen MR) is 78.9 cm³/mol. The van der Waals surface area contributed by atoms with Crippen molar-refractivity contribution in [2.24, 2.45) is 5.92 Å². The van der Waals surface area contributed by atoms with Crippen molar-refractivity contribution in [1.29, 1.82) is 0 Å². The highest BCUT2D eigenvalue weighted by Gasteiger charge is 2.30. The number of aliphatic hydroxyl groups is 1. The van der Waals surface area contributed by atoms with Gasteiger partial charge in [0.25, 0.3) is 0 Å². The van der Waals surface area contributed by atoms with Gasteiger partial charge in [0.1, 0.15) is 0 Å². The van der Waals surface area contributed by atoms with Gasteiger partial charge in [-0.3, -0.25) is 9.69 Å². The van der Waals surface area contributed by atoms with Crippen LogP contribution in [0.2, 0.25) is 0 Å². The van der Waals surface area contributed by atoms with Crippen LogP contribution < -0.4 is 10.6 Å². The predicted octanol–water partition coefficient (Wildman–Crippen LogP) is -0.0601. The molecule has 0 aliphatic carbocycles. The van der Waals surface area contributed by atoms with Crippen LogP contribution in [0.1, 0.15) is 27.2 Å². The summed E-state index contributed by atoms with van der Waals surface area (Å²) in [6, 6.07) is -0.0465. The van der Waals surface area contributed by atoms with Gasteiger partial charge in [-0.05, 0) is 26.2 Å². The molecule has 3 unspecified atom stereocenters. The van der Waals surface area contributed by atoms with Gasteiger partial charge in [-0.15, -0.1) is 0 Å². The van der Waals surface area contributed by atoms with Gasteiger partial charge in [0.05, 0.1) is 12.7 Å². The van der Waals surface area contributed by atoms with E-state index in [1.165, 1.54) is 6.92 Å². The van der Waals surface area contributed by atoms with Gasteiger partial charge < -0.3 is 20.5 Å². The van der Waals surface area contributed by atoms with E-state index in [-0.39, 0.29) is 17.9 Å². The van der Waals surface area contributed by atoms with Crippen LogP contribution in [0, 0.1) is 5.92 Å². The zero-order valence-corrected chi connectivity index (χ0v) is 13.1. The van der Waals surface area contributed by atoms with Gasteiger partial charge in [0.2, 0.25) is 5.91 Å². The molecule has 0 bridgehead atoms. The van der Waals surface area contributed by atoms with Crippen molar-refractivity contribution in [2.45, 2.75) is 39.3 Å². The van der Waals surface area contributed by atoms with Gasteiger partial charge in [-0.1, -0.05) is 0 Å². The second-order valence-electron chi connectivity index (χ2n) is 5.54. The van der Waals surface area contributed by atoms with Gasteiger partial charge >= 0.3 is 6.09 Å². The summed E-state index contributed by atoms with van der Waals surface area (Å²) in [5.41, 5.74) is 0. The molecule has 0 aromatic heterocycles. The zero-order valence-electron chi connectivity index (χ0n) is 13.1. The molecule has 0 spiro atoms. The van der Waals surface area contributed by atoms with E-state index < -0.39 is 12.2 Å². The fourth-order valence-electron chi connectivity index (χ4n) is 2.60. The molecule has 122 valence electrons. The summed E-state index contributed by atoms with van der Waals surface area (Å²) in [6.07, 6.45) is -0.122. The van der Waals surface area contributed by atoms with Gasteiger partial charge in [0.15, 0.2) is 0 Å². The van der Waals surface area contributed by atoms with Crippen molar-refractivity contribution in [1.82, 2.24) is 15.5 Å². The SMILES string of the molecule is CCOC(=O)NC1CC(C(C)O)CN(CCNC(C)=O)C1. The van der Waals surface area contributed by atoms with Crippen LogP contribution in [0.3, 0.4) is 0 Å². The van der Waals surface area contributed by atoms with E-state index in [0.717, 1.165) is 13.0 Å². The maximum atomic E-state index is 11.5. The van der Waals surface area contributed by atoms with Crippen LogP contribution in [0.25, 0.3) is 0 Å². The number of carbonyl (C=O) groups excluding carboxylic acids is 2. The minimum absolute atomic E-state index is 0.0465. The minimum atomic E-state index is -0.430. The number of amides is 2. The summed E-state index contributed by atoms with van der Waals surface area (Å²) in [4.78, 5) is 24.6. The minimum Gasteiger partial charge on any atom is -0.450 e. The summed E-state index contributed by atoms with van der Waals surface area (Å²) in [5, 5.41) is 15.4. The van der Waals surface area contributed by atoms with Crippen molar-refractivity contribution >= 4 is 12.0 Å². The molecule has 21 heavy (non-hydrogen) atoms. The molecule has 1 heterocycles. The number of carbonyl (C=O) groups is 2. The molecule has 0 aromatic rings. The van der Waals surface area contributed by atoms with Gasteiger partial charge in [0, 0.05) is 39.1 Å². The monoisotopic (exact) mass is 301 g/mol. The molecule has 0 radical (unpaired) electrons. The summed E-state index contributed by atoms with van der Waals surface area (Å²) in [7, 11) is 0. The number of nitrogens with one attached hydrogen (secondary N) is 2. The Morgan fingerprint density at radius 1 is 1.43 bits per heavy atom. The standard InChI is InChI=1S/C14H27N3O4/c1-4-21-14(20)16-13-7-12(10(2)18)8-17(9-13)6-5-15-11(3)19/h10,12-13,18H,4-9H2,1-3H3,(H,15,19)(H,16,20). The number of hydrogen-bond acceptors (Lipinski definition) is 5. The fraction of sp³-hybridized carbons (Fsp3) is 0.857. The molecular formula is C14H27N3O4. The highest BCUT2D eigenvalue weighted by atomic mass is 16.5. The third-order valence-electron chi connectivity index (χ3n) is 3.64. The average Bonchev–Trinajstić information content (AvgIpc) is 2.38. The lowest BCUT2D eigenvalue weighted by molar-refractivity contribution is -0.119. The molecule has 0 aromatic carbocycles. The second kappa shape index (κ2) is 8.84. The van der Waals surface area contributed by atoms with Crippen LogP contribution in [-0.4, -0.2) is 66.9 Å². The van der Waals surface area contributed by atoms with E-state index in [1.54, 1.807) is 13.8 Å². The quantitative estimate of drug-likeness (QED) is 0.639. The molecule has 3 N–H and O–H groups in total. The highest BCUT2D eigenvalue weighted by molar-refractivity contribution is 5.72. The number of hydrogen-bond donors (Lipinski definition) is 3. The first kappa shape index (κ1) is 17.7. The molecule has 7 heteroatoms. The first-order valence-electron chi connectivity index (χ1n) is 7.50. The Morgan fingerprint density at radius 2 is 2.14 bits per heavy atom. The summed E-state index contributed by atoms with van der Waals surface area (Å²) < 4.78 is 4.90. The third-order valence-corrected chi connectivity index (χ3v) is 3.64. The molecule has 3 atom stereocenters. The number of alkyl carbamates (subject to hydrolysis) is 1. The first-order chi connectivity index (χ1) is 9.92. The third kappa shape index (κ3) is 6.77. The van der Waals surface area contributed by atoms with E-state index >= 15 is 0 Å². The molecule has 7 nitrogen and oxygen atoms in total. The Morgan fingerprint density at radius 3 is 2.71 bits per heavy atom. The van der Waals surface area contributed by atoms with Crippen molar-refractivity contribution in [2.75, 3.05) is 32.8 Å². The smallest absolute Gasteiger partial charge is 0.407 e. The highest BCUT2D eigenvalue weighted by Crippen LogP contribution is 2.20. The lowest BCUT2D eigenvalue weighted by atomic mass is 9.90. The summed E-state index contributed by atoms with van der Waals surface area (Å²) in [5.74, 6) is 0.0447. The largest absolute Gasteiger partial charge is 0.450 e. The molecule has 1 rings (SSSR count). The Bertz CT molecular complexity index is 349. The van der Waals surface area contributed by atoms with Crippen molar-refractivity contribution < 1.29 is 19.4 Å². The van der Waals surface area contributed by atoms with E-state index in [9.17, 15) is 14.7 Å². The molecule has 1 fully saturated rings. The molecule has 0 saturated carbocycles. The number of likely N-dealkylation sites (tertiary alicyclic amines) is 1. The van der Waals surface area contributed by atoms with E-state index in [2.05, 4.69) is 15.5 Å². The Balaban J connectivity index is 2.51. The number of rotatable bonds is 6. The lowest BCUT2D eigenvalue weighted by Gasteiger charge is -2.39. The second-order valence-corrected chi connectivity index (χ2v) is 5.54. The normalized spacial score (nSPS) is 24.2. The number of nitrogens with zero attached hydrogens (tertiary/aromatic N) is 1.